The fraction of sp³-hybridized carbons (Fsp3) is 0.227. The lowest BCUT2D eigenvalue weighted by molar-refractivity contribution is 0.214. The SMILES string of the molecule is C=CCN(C)CC=CCOc1ccc(C(=NOC)c2ccc(Br)cc2)cc1. The number of benzene rings is 2. The van der Waals surface area contributed by atoms with Crippen molar-refractivity contribution in [3.05, 3.63) is 88.9 Å². The smallest absolute Gasteiger partial charge is 0.119 e. The molecule has 0 N–H and O–H groups in total. The van der Waals surface area contributed by atoms with Crippen LogP contribution in [0.2, 0.25) is 0 Å². The van der Waals surface area contributed by atoms with E-state index >= 15 is 0 Å². The molecule has 0 aliphatic carbocycles. The van der Waals surface area contributed by atoms with Crippen molar-refractivity contribution in [1.29, 1.82) is 0 Å². The number of likely N-dealkylation sites (N-methyl/N-ethyl adjacent to an activating group) is 1. The Kier molecular flexibility index (Phi) is 8.81. The van der Waals surface area contributed by atoms with Crippen LogP contribution in [0.25, 0.3) is 0 Å². The number of halogens is 1. The Morgan fingerprint density at radius 3 is 2.26 bits per heavy atom. The van der Waals surface area contributed by atoms with Crippen molar-refractivity contribution in [3.63, 3.8) is 0 Å². The Balaban J connectivity index is 1.96. The lowest BCUT2D eigenvalue weighted by atomic mass is 10.0. The summed E-state index contributed by atoms with van der Waals surface area (Å²) in [5, 5.41) is 4.18. The van der Waals surface area contributed by atoms with Crippen LogP contribution in [-0.4, -0.2) is 44.5 Å². The Labute approximate surface area is 169 Å². The standard InChI is InChI=1S/C22H25BrN2O2/c1-4-15-25(2)16-5-6-17-27-21-13-9-19(10-14-21)22(24-26-3)18-7-11-20(23)12-8-18/h4-14H,1,15-17H2,2-3H3. The van der Waals surface area contributed by atoms with E-state index in [0.29, 0.717) is 6.61 Å². The minimum absolute atomic E-state index is 0.535. The summed E-state index contributed by atoms with van der Waals surface area (Å²) in [7, 11) is 3.60. The molecule has 0 radical (unpaired) electrons. The van der Waals surface area contributed by atoms with Crippen LogP contribution in [0.3, 0.4) is 0 Å². The summed E-state index contributed by atoms with van der Waals surface area (Å²) in [6, 6.07) is 15.8. The van der Waals surface area contributed by atoms with Gasteiger partial charge in [-0.1, -0.05) is 51.4 Å². The van der Waals surface area contributed by atoms with Crippen LogP contribution in [0.5, 0.6) is 5.75 Å². The van der Waals surface area contributed by atoms with E-state index in [-0.39, 0.29) is 0 Å². The maximum absolute atomic E-state index is 5.76. The normalized spacial score (nSPS) is 11.8. The monoisotopic (exact) mass is 428 g/mol. The molecule has 4 nitrogen and oxygen atoms in total. The molecule has 0 unspecified atom stereocenters. The van der Waals surface area contributed by atoms with E-state index in [1.165, 1.54) is 0 Å². The second-order valence-electron chi connectivity index (χ2n) is 5.95. The first-order valence-electron chi connectivity index (χ1n) is 8.68. The summed E-state index contributed by atoms with van der Waals surface area (Å²) >= 11 is 3.45. The molecule has 5 heteroatoms. The van der Waals surface area contributed by atoms with Crippen molar-refractivity contribution in [2.45, 2.75) is 0 Å². The maximum atomic E-state index is 5.76. The predicted octanol–water partition coefficient (Wildman–Crippen LogP) is 4.90. The first-order chi connectivity index (χ1) is 13.1. The van der Waals surface area contributed by atoms with Gasteiger partial charge in [0.25, 0.3) is 0 Å². The van der Waals surface area contributed by atoms with Gasteiger partial charge in [-0.25, -0.2) is 0 Å². The summed E-state index contributed by atoms with van der Waals surface area (Å²) in [4.78, 5) is 7.19. The summed E-state index contributed by atoms with van der Waals surface area (Å²) in [6.45, 7) is 6.01. The fourth-order valence-electron chi connectivity index (χ4n) is 2.44. The average Bonchev–Trinajstić information content (AvgIpc) is 2.67. The van der Waals surface area contributed by atoms with Gasteiger partial charge in [-0.05, 0) is 43.4 Å². The molecular weight excluding hydrogens is 404 g/mol. The van der Waals surface area contributed by atoms with Crippen LogP contribution in [-0.2, 0) is 4.84 Å². The Bertz CT molecular complexity index is 768. The van der Waals surface area contributed by atoms with Gasteiger partial charge in [-0.15, -0.1) is 6.58 Å². The van der Waals surface area contributed by atoms with Crippen molar-refractivity contribution in [2.75, 3.05) is 33.9 Å². The van der Waals surface area contributed by atoms with Crippen LogP contribution in [0.4, 0.5) is 0 Å². The second kappa shape index (κ2) is 11.4. The molecule has 0 aliphatic rings. The first-order valence-corrected chi connectivity index (χ1v) is 9.48. The lowest BCUT2D eigenvalue weighted by Crippen LogP contribution is -2.17. The molecule has 0 fully saturated rings. The Hall–Kier alpha value is -2.37. The molecule has 0 aliphatic heterocycles. The van der Waals surface area contributed by atoms with Gasteiger partial charge in [0.2, 0.25) is 0 Å². The number of oxime groups is 1. The third-order valence-electron chi connectivity index (χ3n) is 3.80. The summed E-state index contributed by atoms with van der Waals surface area (Å²) in [5.41, 5.74) is 2.73. The van der Waals surface area contributed by atoms with Crippen LogP contribution in [0, 0.1) is 0 Å². The molecule has 0 bridgehead atoms. The first kappa shape index (κ1) is 20.9. The molecule has 0 amide bonds. The van der Waals surface area contributed by atoms with Gasteiger partial charge >= 0.3 is 0 Å². The van der Waals surface area contributed by atoms with Crippen LogP contribution in [0.1, 0.15) is 11.1 Å². The molecular formula is C22H25BrN2O2. The third kappa shape index (κ3) is 7.04. The van der Waals surface area contributed by atoms with E-state index in [4.69, 9.17) is 9.57 Å². The number of hydrogen-bond donors (Lipinski definition) is 0. The Morgan fingerprint density at radius 1 is 1.04 bits per heavy atom. The highest BCUT2D eigenvalue weighted by Gasteiger charge is 2.08. The highest BCUT2D eigenvalue weighted by Crippen LogP contribution is 2.18. The zero-order valence-corrected chi connectivity index (χ0v) is 17.4. The topological polar surface area (TPSA) is 34.1 Å². The average molecular weight is 429 g/mol. The van der Waals surface area contributed by atoms with Gasteiger partial charge in [0.1, 0.15) is 25.2 Å². The van der Waals surface area contributed by atoms with E-state index < -0.39 is 0 Å². The predicted molar refractivity (Wildman–Crippen MR) is 116 cm³/mol. The highest BCUT2D eigenvalue weighted by atomic mass is 79.9. The molecule has 142 valence electrons. The maximum Gasteiger partial charge on any atom is 0.119 e. The molecule has 0 aromatic heterocycles. The molecule has 0 saturated carbocycles. The van der Waals surface area contributed by atoms with E-state index in [1.54, 1.807) is 7.11 Å². The number of hydrogen-bond acceptors (Lipinski definition) is 4. The van der Waals surface area contributed by atoms with E-state index in [9.17, 15) is 0 Å². The van der Waals surface area contributed by atoms with Gasteiger partial charge in [0.05, 0.1) is 0 Å². The van der Waals surface area contributed by atoms with Crippen molar-refractivity contribution < 1.29 is 9.57 Å². The van der Waals surface area contributed by atoms with Crippen molar-refractivity contribution >= 4 is 21.6 Å². The van der Waals surface area contributed by atoms with Gasteiger partial charge < -0.3 is 9.57 Å². The van der Waals surface area contributed by atoms with E-state index in [0.717, 1.165) is 40.2 Å². The quantitative estimate of drug-likeness (QED) is 0.306. The zero-order chi connectivity index (χ0) is 19.5. The van der Waals surface area contributed by atoms with E-state index in [2.05, 4.69) is 45.7 Å². The Morgan fingerprint density at radius 2 is 1.67 bits per heavy atom. The molecule has 0 spiro atoms. The fourth-order valence-corrected chi connectivity index (χ4v) is 2.71. The largest absolute Gasteiger partial charge is 0.490 e. The van der Waals surface area contributed by atoms with Gasteiger partial charge in [-0.3, -0.25) is 4.90 Å². The number of nitrogens with zero attached hydrogens (tertiary/aromatic N) is 2. The third-order valence-corrected chi connectivity index (χ3v) is 4.33. The second-order valence-corrected chi connectivity index (χ2v) is 6.86. The summed E-state index contributed by atoms with van der Waals surface area (Å²) in [5.74, 6) is 0.815. The van der Waals surface area contributed by atoms with Gasteiger partial charge in [0.15, 0.2) is 0 Å². The molecule has 0 heterocycles. The summed E-state index contributed by atoms with van der Waals surface area (Å²) in [6.07, 6.45) is 6.00. The molecule has 2 rings (SSSR count). The molecule has 0 saturated heterocycles. The van der Waals surface area contributed by atoms with E-state index in [1.807, 2.05) is 60.7 Å². The molecule has 27 heavy (non-hydrogen) atoms. The number of rotatable bonds is 10. The lowest BCUT2D eigenvalue weighted by Gasteiger charge is -2.10. The minimum atomic E-state index is 0.535. The van der Waals surface area contributed by atoms with Crippen molar-refractivity contribution in [2.24, 2.45) is 5.16 Å². The molecule has 0 atom stereocenters. The molecule has 2 aromatic carbocycles. The minimum Gasteiger partial charge on any atom is -0.490 e. The zero-order valence-electron chi connectivity index (χ0n) is 15.8. The molecule has 2 aromatic rings. The van der Waals surface area contributed by atoms with Crippen molar-refractivity contribution in [1.82, 2.24) is 4.90 Å². The van der Waals surface area contributed by atoms with Crippen LogP contribution < -0.4 is 4.74 Å². The number of ether oxygens (including phenoxy) is 1. The van der Waals surface area contributed by atoms with Crippen LogP contribution >= 0.6 is 15.9 Å². The summed E-state index contributed by atoms with van der Waals surface area (Å²) < 4.78 is 6.78. The highest BCUT2D eigenvalue weighted by molar-refractivity contribution is 9.10. The van der Waals surface area contributed by atoms with Gasteiger partial charge in [-0.2, -0.15) is 0 Å². The van der Waals surface area contributed by atoms with Crippen molar-refractivity contribution in [3.8, 4) is 5.75 Å². The van der Waals surface area contributed by atoms with Crippen LogP contribution in [0.15, 0.2) is 83.0 Å². The van der Waals surface area contributed by atoms with Gasteiger partial charge in [0, 0.05) is 28.7 Å².